The van der Waals surface area contributed by atoms with Gasteiger partial charge in [-0.05, 0) is 12.8 Å². The van der Waals surface area contributed by atoms with Crippen LogP contribution >= 0.6 is 0 Å². The molecule has 0 spiro atoms. The van der Waals surface area contributed by atoms with Crippen molar-refractivity contribution in [3.8, 4) is 24.3 Å². The third-order valence-electron chi connectivity index (χ3n) is 1.23. The second-order valence-electron chi connectivity index (χ2n) is 2.46. The van der Waals surface area contributed by atoms with E-state index < -0.39 is 0 Å². The van der Waals surface area contributed by atoms with Crippen molar-refractivity contribution in [3.05, 3.63) is 24.3 Å². The van der Waals surface area contributed by atoms with E-state index in [0.29, 0.717) is 25.7 Å². The van der Waals surface area contributed by atoms with Crippen molar-refractivity contribution in [3.63, 3.8) is 0 Å². The Kier molecular flexibility index (Phi) is 18.1. The van der Waals surface area contributed by atoms with Gasteiger partial charge in [0.05, 0.1) is 24.3 Å². The van der Waals surface area contributed by atoms with Gasteiger partial charge in [0.15, 0.2) is 0 Å². The van der Waals surface area contributed by atoms with Gasteiger partial charge in [-0.2, -0.15) is 21.0 Å². The first-order valence-electron chi connectivity index (χ1n) is 4.66. The molecular weight excluding hydrogens is 200 g/mol. The van der Waals surface area contributed by atoms with E-state index in [-0.39, 0.29) is 0 Å². The third kappa shape index (κ3) is 22.5. The standard InChI is InChI=1S/2C6H6N2/c2*7-5-3-1-2-4-6-8/h2*1,3H,2,4H2. The van der Waals surface area contributed by atoms with Crippen LogP contribution in [0.4, 0.5) is 0 Å². The topological polar surface area (TPSA) is 95.2 Å². The highest BCUT2D eigenvalue weighted by atomic mass is 14.2. The van der Waals surface area contributed by atoms with Crippen molar-refractivity contribution in [2.45, 2.75) is 25.7 Å². The second-order valence-corrected chi connectivity index (χ2v) is 2.46. The smallest absolute Gasteiger partial charge is 0.0908 e. The highest BCUT2D eigenvalue weighted by molar-refractivity contribution is 5.02. The maximum absolute atomic E-state index is 8.00. The van der Waals surface area contributed by atoms with E-state index >= 15 is 0 Å². The summed E-state index contributed by atoms with van der Waals surface area (Å²) in [5.41, 5.74) is 0. The summed E-state index contributed by atoms with van der Waals surface area (Å²) in [6.45, 7) is 0. The minimum atomic E-state index is 0.498. The molecule has 0 saturated carbocycles. The predicted octanol–water partition coefficient (Wildman–Crippen LogP) is 2.74. The van der Waals surface area contributed by atoms with Crippen LogP contribution in [0.5, 0.6) is 0 Å². The van der Waals surface area contributed by atoms with Crippen LogP contribution in [0.2, 0.25) is 0 Å². The molecule has 0 heterocycles. The molecule has 0 bridgehead atoms. The number of unbranched alkanes of at least 4 members (excludes halogenated alkanes) is 2. The maximum Gasteiger partial charge on any atom is 0.0908 e. The second kappa shape index (κ2) is 18.3. The van der Waals surface area contributed by atoms with Gasteiger partial charge in [-0.15, -0.1) is 0 Å². The molecule has 0 N–H and O–H groups in total. The summed E-state index contributed by atoms with van der Waals surface area (Å²) in [5.74, 6) is 0. The fraction of sp³-hybridized carbons (Fsp3) is 0.333. The summed E-state index contributed by atoms with van der Waals surface area (Å²) in [6.07, 6.45) is 8.51. The fourth-order valence-corrected chi connectivity index (χ4v) is 0.568. The van der Waals surface area contributed by atoms with Gasteiger partial charge in [-0.25, -0.2) is 0 Å². The molecule has 0 radical (unpaired) electrons. The summed E-state index contributed by atoms with van der Waals surface area (Å²) < 4.78 is 0. The van der Waals surface area contributed by atoms with Crippen molar-refractivity contribution in [2.75, 3.05) is 0 Å². The van der Waals surface area contributed by atoms with Crippen molar-refractivity contribution in [1.82, 2.24) is 0 Å². The molecule has 80 valence electrons. The van der Waals surface area contributed by atoms with Gasteiger partial charge in [0, 0.05) is 25.0 Å². The van der Waals surface area contributed by atoms with Crippen LogP contribution in [-0.2, 0) is 0 Å². The van der Waals surface area contributed by atoms with Gasteiger partial charge in [0.25, 0.3) is 0 Å². The molecule has 4 nitrogen and oxygen atoms in total. The lowest BCUT2D eigenvalue weighted by atomic mass is 10.3. The van der Waals surface area contributed by atoms with Crippen LogP contribution in [0.25, 0.3) is 0 Å². The Bertz CT molecular complexity index is 328. The van der Waals surface area contributed by atoms with Gasteiger partial charge >= 0.3 is 0 Å². The molecule has 0 aromatic rings. The summed E-state index contributed by atoms with van der Waals surface area (Å²) >= 11 is 0. The molecular formula is C12H12N4. The Labute approximate surface area is 96.0 Å². The number of hydrogen-bond acceptors (Lipinski definition) is 4. The first-order chi connectivity index (χ1) is 7.83. The fourth-order valence-electron chi connectivity index (χ4n) is 0.568. The molecule has 0 fully saturated rings. The number of nitrogens with zero attached hydrogens (tertiary/aromatic N) is 4. The third-order valence-corrected chi connectivity index (χ3v) is 1.23. The average Bonchev–Trinajstić information content (AvgIpc) is 2.31. The van der Waals surface area contributed by atoms with E-state index in [0.717, 1.165) is 0 Å². The van der Waals surface area contributed by atoms with E-state index in [1.165, 1.54) is 12.2 Å². The number of hydrogen-bond donors (Lipinski definition) is 0. The molecule has 0 aromatic heterocycles. The summed E-state index contributed by atoms with van der Waals surface area (Å²) in [4.78, 5) is 0. The molecule has 0 amide bonds. The van der Waals surface area contributed by atoms with Crippen molar-refractivity contribution in [2.24, 2.45) is 0 Å². The first-order valence-corrected chi connectivity index (χ1v) is 4.66. The zero-order valence-corrected chi connectivity index (χ0v) is 8.93. The Hall–Kier alpha value is -2.56. The number of allylic oxidation sites excluding steroid dienone is 4. The highest BCUT2D eigenvalue weighted by Gasteiger charge is 1.73. The largest absolute Gasteiger partial charge is 0.198 e. The van der Waals surface area contributed by atoms with Crippen LogP contribution in [0, 0.1) is 45.3 Å². The van der Waals surface area contributed by atoms with E-state index in [4.69, 9.17) is 21.0 Å². The van der Waals surface area contributed by atoms with Crippen LogP contribution in [0.1, 0.15) is 25.7 Å². The Balaban J connectivity index is 0. The zero-order chi connectivity index (χ0) is 12.5. The van der Waals surface area contributed by atoms with Gasteiger partial charge in [-0.1, -0.05) is 12.2 Å². The van der Waals surface area contributed by atoms with Gasteiger partial charge in [0.2, 0.25) is 0 Å². The van der Waals surface area contributed by atoms with E-state index in [2.05, 4.69) is 0 Å². The molecule has 0 unspecified atom stereocenters. The van der Waals surface area contributed by atoms with Crippen LogP contribution in [0.15, 0.2) is 24.3 Å². The summed E-state index contributed by atoms with van der Waals surface area (Å²) in [5, 5.41) is 31.9. The molecule has 0 aromatic carbocycles. The Morgan fingerprint density at radius 3 is 1.31 bits per heavy atom. The molecule has 0 aliphatic heterocycles. The van der Waals surface area contributed by atoms with Crippen molar-refractivity contribution in [1.29, 1.82) is 21.0 Å². The van der Waals surface area contributed by atoms with Crippen LogP contribution in [-0.4, -0.2) is 0 Å². The molecule has 0 aliphatic rings. The minimum Gasteiger partial charge on any atom is -0.198 e. The predicted molar refractivity (Wildman–Crippen MR) is 59.2 cm³/mol. The lowest BCUT2D eigenvalue weighted by molar-refractivity contribution is 1.06. The Morgan fingerprint density at radius 1 is 0.688 bits per heavy atom. The molecule has 0 aliphatic carbocycles. The number of rotatable bonds is 4. The van der Waals surface area contributed by atoms with E-state index in [9.17, 15) is 0 Å². The lowest BCUT2D eigenvalue weighted by Crippen LogP contribution is -1.60. The highest BCUT2D eigenvalue weighted by Crippen LogP contribution is 1.86. The van der Waals surface area contributed by atoms with Gasteiger partial charge in [-0.3, -0.25) is 0 Å². The first kappa shape index (κ1) is 15.9. The van der Waals surface area contributed by atoms with Gasteiger partial charge in [0.1, 0.15) is 0 Å². The number of nitriles is 4. The Morgan fingerprint density at radius 2 is 1.06 bits per heavy atom. The molecule has 4 heteroatoms. The van der Waals surface area contributed by atoms with E-state index in [1.807, 2.05) is 24.3 Å². The summed E-state index contributed by atoms with van der Waals surface area (Å²) in [6, 6.07) is 7.61. The molecule has 0 saturated heterocycles. The van der Waals surface area contributed by atoms with E-state index in [1.54, 1.807) is 12.2 Å². The molecule has 0 atom stereocenters. The zero-order valence-electron chi connectivity index (χ0n) is 8.93. The van der Waals surface area contributed by atoms with Crippen LogP contribution < -0.4 is 0 Å². The summed E-state index contributed by atoms with van der Waals surface area (Å²) in [7, 11) is 0. The minimum absolute atomic E-state index is 0.498. The van der Waals surface area contributed by atoms with Crippen LogP contribution in [0.3, 0.4) is 0 Å². The molecule has 0 rings (SSSR count). The average molecular weight is 212 g/mol. The SMILES string of the molecule is N#CC=CCCC#N.N#CC=CCCC#N. The lowest BCUT2D eigenvalue weighted by Gasteiger charge is -1.73. The molecule has 16 heavy (non-hydrogen) atoms. The quantitative estimate of drug-likeness (QED) is 0.528. The monoisotopic (exact) mass is 212 g/mol. The van der Waals surface area contributed by atoms with Gasteiger partial charge < -0.3 is 0 Å². The normalized spacial score (nSPS) is 8.25. The maximum atomic E-state index is 8.00. The van der Waals surface area contributed by atoms with Crippen molar-refractivity contribution >= 4 is 0 Å². The van der Waals surface area contributed by atoms with Crippen molar-refractivity contribution < 1.29 is 0 Å².